The summed E-state index contributed by atoms with van der Waals surface area (Å²) in [7, 11) is 0. The highest BCUT2D eigenvalue weighted by Crippen LogP contribution is 2.28. The summed E-state index contributed by atoms with van der Waals surface area (Å²) in [5, 5.41) is 0.555. The summed E-state index contributed by atoms with van der Waals surface area (Å²) in [6, 6.07) is 23.7. The van der Waals surface area contributed by atoms with Crippen LogP contribution in [0.5, 0.6) is 5.88 Å². The van der Waals surface area contributed by atoms with Gasteiger partial charge >= 0.3 is 0 Å². The highest BCUT2D eigenvalue weighted by Gasteiger charge is 2.25. The summed E-state index contributed by atoms with van der Waals surface area (Å²) in [5.74, 6) is 0.513. The van der Waals surface area contributed by atoms with Crippen LogP contribution < -0.4 is 9.64 Å². The van der Waals surface area contributed by atoms with Gasteiger partial charge in [0.05, 0.1) is 6.54 Å². The number of pyridine rings is 1. The van der Waals surface area contributed by atoms with E-state index in [4.69, 9.17) is 16.3 Å². The second-order valence-corrected chi connectivity index (χ2v) is 6.50. The van der Waals surface area contributed by atoms with E-state index in [1.165, 1.54) is 11.1 Å². The first-order valence-electron chi connectivity index (χ1n) is 8.39. The van der Waals surface area contributed by atoms with Gasteiger partial charge in [0.25, 0.3) is 0 Å². The zero-order valence-corrected chi connectivity index (χ0v) is 14.5. The first-order valence-corrected chi connectivity index (χ1v) is 8.77. The second kappa shape index (κ2) is 7.16. The first-order chi connectivity index (χ1) is 12.3. The predicted octanol–water partition coefficient (Wildman–Crippen LogP) is 4.86. The van der Waals surface area contributed by atoms with Crippen molar-refractivity contribution in [2.24, 2.45) is 0 Å². The molecule has 1 aliphatic rings. The predicted molar refractivity (Wildman–Crippen MR) is 101 cm³/mol. The molecule has 0 saturated carbocycles. The van der Waals surface area contributed by atoms with Gasteiger partial charge in [0.2, 0.25) is 5.88 Å². The van der Waals surface area contributed by atoms with E-state index >= 15 is 0 Å². The molecule has 0 aliphatic carbocycles. The third-order valence-electron chi connectivity index (χ3n) is 4.39. The molecular formula is C21H18ClN2O. The van der Waals surface area contributed by atoms with Gasteiger partial charge in [0.15, 0.2) is 0 Å². The maximum absolute atomic E-state index is 6.12. The summed E-state index contributed by atoms with van der Waals surface area (Å²) >= 11 is 6.12. The molecule has 0 unspecified atom stereocenters. The molecule has 25 heavy (non-hydrogen) atoms. The van der Waals surface area contributed by atoms with E-state index in [0.717, 1.165) is 25.2 Å². The summed E-state index contributed by atoms with van der Waals surface area (Å²) < 4.78 is 5.95. The number of hydrogen-bond donors (Lipinski definition) is 0. The minimum atomic E-state index is 0.0922. The lowest BCUT2D eigenvalue weighted by Crippen LogP contribution is -2.24. The van der Waals surface area contributed by atoms with E-state index in [-0.39, 0.29) is 6.10 Å². The molecule has 0 bridgehead atoms. The van der Waals surface area contributed by atoms with Crippen molar-refractivity contribution in [1.82, 2.24) is 4.98 Å². The van der Waals surface area contributed by atoms with Crippen LogP contribution in [0.15, 0.2) is 66.9 Å². The summed E-state index contributed by atoms with van der Waals surface area (Å²) in [5.41, 5.74) is 3.48. The maximum atomic E-state index is 6.12. The lowest BCUT2D eigenvalue weighted by molar-refractivity contribution is 0.216. The number of hydrogen-bond acceptors (Lipinski definition) is 3. The Bertz CT molecular complexity index is 836. The third kappa shape index (κ3) is 3.62. The summed E-state index contributed by atoms with van der Waals surface area (Å²) in [4.78, 5) is 6.49. The van der Waals surface area contributed by atoms with Crippen molar-refractivity contribution in [2.75, 3.05) is 18.0 Å². The van der Waals surface area contributed by atoms with Gasteiger partial charge < -0.3 is 9.64 Å². The standard InChI is InChI=1S/C21H18ClN2O/c22-20-7-4-13-23-21(20)25-19-12-14-24(15-19)18-10-8-17(9-11-18)16-5-2-1-3-6-16/h1-10,13,19H,12,14-15H2/t19-/m0/s1. The molecular weight excluding hydrogens is 332 g/mol. The molecule has 0 spiro atoms. The van der Waals surface area contributed by atoms with Crippen molar-refractivity contribution in [3.63, 3.8) is 0 Å². The van der Waals surface area contributed by atoms with Crippen molar-refractivity contribution in [2.45, 2.75) is 12.5 Å². The van der Waals surface area contributed by atoms with E-state index in [2.05, 4.69) is 46.3 Å². The zero-order chi connectivity index (χ0) is 17.1. The normalized spacial score (nSPS) is 16.8. The molecule has 2 heterocycles. The highest BCUT2D eigenvalue weighted by atomic mass is 35.5. The third-order valence-corrected chi connectivity index (χ3v) is 4.68. The van der Waals surface area contributed by atoms with E-state index in [1.54, 1.807) is 18.3 Å². The second-order valence-electron chi connectivity index (χ2n) is 6.09. The molecule has 4 heteroatoms. The smallest absolute Gasteiger partial charge is 0.232 e. The number of aromatic nitrogens is 1. The molecule has 1 aliphatic heterocycles. The lowest BCUT2D eigenvalue weighted by atomic mass is 10.1. The van der Waals surface area contributed by atoms with Crippen molar-refractivity contribution < 1.29 is 4.74 Å². The topological polar surface area (TPSA) is 25.4 Å². The fourth-order valence-electron chi connectivity index (χ4n) is 3.08. The number of rotatable bonds is 4. The number of benzene rings is 2. The van der Waals surface area contributed by atoms with Gasteiger partial charge in [-0.3, -0.25) is 0 Å². The number of ether oxygens (including phenoxy) is 1. The van der Waals surface area contributed by atoms with Gasteiger partial charge in [-0.1, -0.05) is 48.0 Å². The van der Waals surface area contributed by atoms with Crippen LogP contribution in [0.2, 0.25) is 5.02 Å². The fourth-order valence-corrected chi connectivity index (χ4v) is 3.25. The minimum absolute atomic E-state index is 0.0922. The minimum Gasteiger partial charge on any atom is -0.471 e. The molecule has 125 valence electrons. The Labute approximate surface area is 152 Å². The Morgan fingerprint density at radius 2 is 1.92 bits per heavy atom. The van der Waals surface area contributed by atoms with Crippen LogP contribution in [0.4, 0.5) is 5.69 Å². The quantitative estimate of drug-likeness (QED) is 0.672. The van der Waals surface area contributed by atoms with Crippen molar-refractivity contribution in [3.8, 4) is 17.0 Å². The Morgan fingerprint density at radius 1 is 1.04 bits per heavy atom. The average Bonchev–Trinajstić information content (AvgIpc) is 3.13. The van der Waals surface area contributed by atoms with E-state index in [1.807, 2.05) is 18.2 Å². The molecule has 0 amide bonds. The monoisotopic (exact) mass is 349 g/mol. The van der Waals surface area contributed by atoms with Crippen molar-refractivity contribution >= 4 is 17.3 Å². The Morgan fingerprint density at radius 3 is 2.68 bits per heavy atom. The van der Waals surface area contributed by atoms with Crippen LogP contribution in [0, 0.1) is 6.07 Å². The molecule has 3 aromatic rings. The Hall–Kier alpha value is -2.52. The Balaban J connectivity index is 1.42. The zero-order valence-electron chi connectivity index (χ0n) is 13.7. The molecule has 1 radical (unpaired) electrons. The first kappa shape index (κ1) is 16.0. The van der Waals surface area contributed by atoms with Gasteiger partial charge in [0, 0.05) is 30.9 Å². The van der Waals surface area contributed by atoms with E-state index in [9.17, 15) is 0 Å². The SMILES string of the molecule is Clc1cccnc1O[C@H]1CCN(c2[c]cc(-c3ccccc3)cc2)C1. The molecule has 2 aromatic carbocycles. The van der Waals surface area contributed by atoms with Crippen LogP contribution in [0.1, 0.15) is 6.42 Å². The molecule has 4 rings (SSSR count). The van der Waals surface area contributed by atoms with Crippen LogP contribution in [-0.4, -0.2) is 24.2 Å². The summed E-state index contributed by atoms with van der Waals surface area (Å²) in [6.45, 7) is 1.75. The summed E-state index contributed by atoms with van der Waals surface area (Å²) in [6.07, 6.45) is 2.74. The van der Waals surface area contributed by atoms with Crippen LogP contribution in [0.3, 0.4) is 0 Å². The highest BCUT2D eigenvalue weighted by molar-refractivity contribution is 6.31. The molecule has 0 N–H and O–H groups in total. The molecule has 3 nitrogen and oxygen atoms in total. The largest absolute Gasteiger partial charge is 0.471 e. The van der Waals surface area contributed by atoms with E-state index in [0.29, 0.717) is 10.9 Å². The number of anilines is 1. The van der Waals surface area contributed by atoms with Crippen LogP contribution in [-0.2, 0) is 0 Å². The van der Waals surface area contributed by atoms with Crippen molar-refractivity contribution in [1.29, 1.82) is 0 Å². The van der Waals surface area contributed by atoms with Gasteiger partial charge in [-0.25, -0.2) is 4.98 Å². The van der Waals surface area contributed by atoms with Gasteiger partial charge in [-0.05, 0) is 35.4 Å². The number of halogens is 1. The molecule has 1 aromatic heterocycles. The van der Waals surface area contributed by atoms with Crippen LogP contribution >= 0.6 is 11.6 Å². The van der Waals surface area contributed by atoms with Gasteiger partial charge in [-0.15, -0.1) is 0 Å². The lowest BCUT2D eigenvalue weighted by Gasteiger charge is -2.19. The Kier molecular flexibility index (Phi) is 4.57. The van der Waals surface area contributed by atoms with Gasteiger partial charge in [-0.2, -0.15) is 0 Å². The van der Waals surface area contributed by atoms with Gasteiger partial charge in [0.1, 0.15) is 11.1 Å². The van der Waals surface area contributed by atoms with Crippen LogP contribution in [0.25, 0.3) is 11.1 Å². The van der Waals surface area contributed by atoms with E-state index < -0.39 is 0 Å². The maximum Gasteiger partial charge on any atom is 0.232 e. The molecule has 1 fully saturated rings. The molecule has 1 saturated heterocycles. The van der Waals surface area contributed by atoms with Crippen molar-refractivity contribution in [3.05, 3.63) is 77.9 Å². The molecule has 1 atom stereocenters. The average molecular weight is 350 g/mol. The number of nitrogens with zero attached hydrogens (tertiary/aromatic N) is 2. The fraction of sp³-hybridized carbons (Fsp3) is 0.190.